The molecule has 0 spiro atoms. The van der Waals surface area contributed by atoms with Crippen molar-refractivity contribution in [2.24, 2.45) is 0 Å². The van der Waals surface area contributed by atoms with Gasteiger partial charge in [-0.1, -0.05) is 11.6 Å². The van der Waals surface area contributed by atoms with E-state index in [1.54, 1.807) is 7.11 Å². The fourth-order valence-corrected chi connectivity index (χ4v) is 2.98. The number of aromatic nitrogens is 2. The van der Waals surface area contributed by atoms with Crippen molar-refractivity contribution in [3.8, 4) is 11.5 Å². The highest BCUT2D eigenvalue weighted by molar-refractivity contribution is 6.34. The Morgan fingerprint density at radius 3 is 2.77 bits per heavy atom. The first-order valence-corrected chi connectivity index (χ1v) is 7.99. The SMILES string of the molecule is COc1cc2ncnc(Cl)c2cc1OCCCN1CCCC1. The number of halogens is 1. The fourth-order valence-electron chi connectivity index (χ4n) is 2.78. The summed E-state index contributed by atoms with van der Waals surface area (Å²) in [6.45, 7) is 4.17. The maximum absolute atomic E-state index is 6.12. The van der Waals surface area contributed by atoms with Crippen LogP contribution in [0.3, 0.4) is 0 Å². The zero-order valence-corrected chi connectivity index (χ0v) is 13.5. The van der Waals surface area contributed by atoms with Gasteiger partial charge in [-0.05, 0) is 38.4 Å². The number of fused-ring (bicyclic) bond motifs is 1. The molecule has 0 amide bonds. The van der Waals surface area contributed by atoms with Crippen LogP contribution in [-0.4, -0.2) is 48.2 Å². The minimum Gasteiger partial charge on any atom is -0.493 e. The number of nitrogens with zero attached hydrogens (tertiary/aromatic N) is 3. The third kappa shape index (κ3) is 3.42. The first-order chi connectivity index (χ1) is 10.8. The van der Waals surface area contributed by atoms with Crippen LogP contribution in [0.15, 0.2) is 18.5 Å². The standard InChI is InChI=1S/C16H20ClN3O2/c1-21-14-10-13-12(16(17)19-11-18-13)9-15(14)22-8-4-7-20-5-2-3-6-20/h9-11H,2-8H2,1H3. The summed E-state index contributed by atoms with van der Waals surface area (Å²) in [5, 5.41) is 1.20. The molecule has 1 fully saturated rings. The molecule has 5 nitrogen and oxygen atoms in total. The molecule has 0 aliphatic carbocycles. The predicted molar refractivity (Wildman–Crippen MR) is 86.9 cm³/mol. The molecule has 0 radical (unpaired) electrons. The van der Waals surface area contributed by atoms with E-state index < -0.39 is 0 Å². The van der Waals surface area contributed by atoms with E-state index in [0.29, 0.717) is 23.3 Å². The molecule has 2 aromatic rings. The lowest BCUT2D eigenvalue weighted by Crippen LogP contribution is -2.21. The number of rotatable bonds is 6. The van der Waals surface area contributed by atoms with Crippen molar-refractivity contribution in [1.29, 1.82) is 0 Å². The van der Waals surface area contributed by atoms with Gasteiger partial charge in [0.15, 0.2) is 11.5 Å². The van der Waals surface area contributed by atoms with Gasteiger partial charge in [-0.25, -0.2) is 9.97 Å². The van der Waals surface area contributed by atoms with Gasteiger partial charge in [0.05, 0.1) is 19.2 Å². The average molecular weight is 322 g/mol. The molecule has 1 saturated heterocycles. The molecular formula is C16H20ClN3O2. The summed E-state index contributed by atoms with van der Waals surface area (Å²) in [6, 6.07) is 3.69. The summed E-state index contributed by atoms with van der Waals surface area (Å²) in [7, 11) is 1.63. The highest BCUT2D eigenvalue weighted by Crippen LogP contribution is 2.33. The lowest BCUT2D eigenvalue weighted by molar-refractivity contribution is 0.254. The van der Waals surface area contributed by atoms with E-state index in [1.807, 2.05) is 12.1 Å². The van der Waals surface area contributed by atoms with Crippen LogP contribution in [-0.2, 0) is 0 Å². The van der Waals surface area contributed by atoms with Gasteiger partial charge in [0.2, 0.25) is 0 Å². The second kappa shape index (κ2) is 7.11. The van der Waals surface area contributed by atoms with Gasteiger partial charge >= 0.3 is 0 Å². The highest BCUT2D eigenvalue weighted by atomic mass is 35.5. The quantitative estimate of drug-likeness (QED) is 0.604. The summed E-state index contributed by atoms with van der Waals surface area (Å²) >= 11 is 6.12. The van der Waals surface area contributed by atoms with Gasteiger partial charge in [-0.15, -0.1) is 0 Å². The number of likely N-dealkylation sites (tertiary alicyclic amines) is 1. The summed E-state index contributed by atoms with van der Waals surface area (Å²) < 4.78 is 11.3. The second-order valence-electron chi connectivity index (χ2n) is 5.44. The smallest absolute Gasteiger partial charge is 0.162 e. The summed E-state index contributed by atoms with van der Waals surface area (Å²) in [5.74, 6) is 1.36. The van der Waals surface area contributed by atoms with Crippen molar-refractivity contribution in [3.05, 3.63) is 23.6 Å². The lowest BCUT2D eigenvalue weighted by Gasteiger charge is -2.15. The Balaban J connectivity index is 1.67. The molecule has 0 atom stereocenters. The molecule has 1 aromatic carbocycles. The first kappa shape index (κ1) is 15.3. The van der Waals surface area contributed by atoms with Gasteiger partial charge in [0.1, 0.15) is 11.5 Å². The number of methoxy groups -OCH3 is 1. The van der Waals surface area contributed by atoms with E-state index in [-0.39, 0.29) is 0 Å². The van der Waals surface area contributed by atoms with Crippen molar-refractivity contribution in [1.82, 2.24) is 14.9 Å². The Bertz CT molecular complexity index is 645. The molecule has 0 N–H and O–H groups in total. The van der Waals surface area contributed by atoms with Crippen molar-refractivity contribution < 1.29 is 9.47 Å². The molecule has 3 rings (SSSR count). The highest BCUT2D eigenvalue weighted by Gasteiger charge is 2.12. The van der Waals surface area contributed by atoms with Crippen LogP contribution in [0.2, 0.25) is 5.15 Å². The summed E-state index contributed by atoms with van der Waals surface area (Å²) in [5.41, 5.74) is 0.751. The van der Waals surface area contributed by atoms with Crippen molar-refractivity contribution >= 4 is 22.5 Å². The van der Waals surface area contributed by atoms with Crippen LogP contribution in [0.4, 0.5) is 0 Å². The maximum atomic E-state index is 6.12. The van der Waals surface area contributed by atoms with Gasteiger partial charge in [-0.3, -0.25) is 0 Å². The largest absolute Gasteiger partial charge is 0.493 e. The van der Waals surface area contributed by atoms with Crippen LogP contribution in [0.1, 0.15) is 19.3 Å². The molecular weight excluding hydrogens is 302 g/mol. The Kier molecular flexibility index (Phi) is 4.95. The zero-order chi connectivity index (χ0) is 15.4. The Hall–Kier alpha value is -1.59. The molecule has 1 aliphatic heterocycles. The van der Waals surface area contributed by atoms with E-state index in [4.69, 9.17) is 21.1 Å². The van der Waals surface area contributed by atoms with Crippen LogP contribution in [0.5, 0.6) is 11.5 Å². The van der Waals surface area contributed by atoms with E-state index in [2.05, 4.69) is 14.9 Å². The monoisotopic (exact) mass is 321 g/mol. The van der Waals surface area contributed by atoms with Gasteiger partial charge in [-0.2, -0.15) is 0 Å². The van der Waals surface area contributed by atoms with E-state index in [9.17, 15) is 0 Å². The van der Waals surface area contributed by atoms with E-state index >= 15 is 0 Å². The van der Waals surface area contributed by atoms with Gasteiger partial charge < -0.3 is 14.4 Å². The second-order valence-corrected chi connectivity index (χ2v) is 5.79. The third-order valence-electron chi connectivity index (χ3n) is 3.95. The molecule has 118 valence electrons. The molecule has 0 saturated carbocycles. The van der Waals surface area contributed by atoms with E-state index in [0.717, 1.165) is 23.9 Å². The predicted octanol–water partition coefficient (Wildman–Crippen LogP) is 3.16. The number of hydrogen-bond acceptors (Lipinski definition) is 5. The molecule has 0 bridgehead atoms. The van der Waals surface area contributed by atoms with Gasteiger partial charge in [0.25, 0.3) is 0 Å². The third-order valence-corrected chi connectivity index (χ3v) is 4.25. The fraction of sp³-hybridized carbons (Fsp3) is 0.500. The Morgan fingerprint density at radius 1 is 1.18 bits per heavy atom. The molecule has 1 aliphatic rings. The van der Waals surface area contributed by atoms with E-state index in [1.165, 1.54) is 32.3 Å². The van der Waals surface area contributed by atoms with Crippen LogP contribution >= 0.6 is 11.6 Å². The van der Waals surface area contributed by atoms with Crippen molar-refractivity contribution in [2.75, 3.05) is 33.4 Å². The van der Waals surface area contributed by atoms with Crippen LogP contribution in [0, 0.1) is 0 Å². The Labute approximate surface area is 135 Å². The van der Waals surface area contributed by atoms with Crippen LogP contribution in [0.25, 0.3) is 10.9 Å². The molecule has 2 heterocycles. The normalized spacial score (nSPS) is 15.4. The van der Waals surface area contributed by atoms with Gasteiger partial charge in [0, 0.05) is 18.0 Å². The maximum Gasteiger partial charge on any atom is 0.162 e. The molecule has 1 aromatic heterocycles. The molecule has 6 heteroatoms. The molecule has 22 heavy (non-hydrogen) atoms. The number of hydrogen-bond donors (Lipinski definition) is 0. The van der Waals surface area contributed by atoms with Crippen molar-refractivity contribution in [2.45, 2.75) is 19.3 Å². The minimum atomic E-state index is 0.426. The lowest BCUT2D eigenvalue weighted by atomic mass is 10.2. The Morgan fingerprint density at radius 2 is 2.00 bits per heavy atom. The minimum absolute atomic E-state index is 0.426. The molecule has 0 unspecified atom stereocenters. The van der Waals surface area contributed by atoms with Crippen molar-refractivity contribution in [3.63, 3.8) is 0 Å². The summed E-state index contributed by atoms with van der Waals surface area (Å²) in [6.07, 6.45) is 5.08. The summed E-state index contributed by atoms with van der Waals surface area (Å²) in [4.78, 5) is 10.7. The topological polar surface area (TPSA) is 47.5 Å². The first-order valence-electron chi connectivity index (χ1n) is 7.61. The number of ether oxygens (including phenoxy) is 2. The zero-order valence-electron chi connectivity index (χ0n) is 12.7. The number of benzene rings is 1. The van der Waals surface area contributed by atoms with Crippen LogP contribution < -0.4 is 9.47 Å². The average Bonchev–Trinajstić information content (AvgIpc) is 3.05.